The minimum absolute atomic E-state index is 0.0945. The smallest absolute Gasteiger partial charge is 0.232 e. The average Bonchev–Trinajstić information content (AvgIpc) is 3.30. The second-order valence-electron chi connectivity index (χ2n) is 6.33. The summed E-state index contributed by atoms with van der Waals surface area (Å²) in [5.74, 6) is 1.92. The average molecular weight is 385 g/mol. The lowest BCUT2D eigenvalue weighted by Gasteiger charge is -2.16. The van der Waals surface area contributed by atoms with Crippen LogP contribution in [-0.4, -0.2) is 44.9 Å². The number of unbranched alkanes of at least 4 members (excludes halogenated alkanes) is 1. The Morgan fingerprint density at radius 2 is 2.00 bits per heavy atom. The summed E-state index contributed by atoms with van der Waals surface area (Å²) in [5.41, 5.74) is 1.84. The van der Waals surface area contributed by atoms with Gasteiger partial charge in [0.05, 0.1) is 17.6 Å². The summed E-state index contributed by atoms with van der Waals surface area (Å²) in [6.45, 7) is 4.80. The number of furan rings is 1. The molecule has 2 aromatic heterocycles. The zero-order valence-electron chi connectivity index (χ0n) is 15.9. The highest BCUT2D eigenvalue weighted by atomic mass is 32.2. The second kappa shape index (κ2) is 8.90. The van der Waals surface area contributed by atoms with E-state index in [1.54, 1.807) is 11.2 Å². The Bertz CT molecular complexity index is 889. The van der Waals surface area contributed by atoms with Crippen LogP contribution in [0.5, 0.6) is 0 Å². The van der Waals surface area contributed by atoms with Gasteiger partial charge in [0.2, 0.25) is 5.91 Å². The van der Waals surface area contributed by atoms with Crippen molar-refractivity contribution in [2.75, 3.05) is 19.3 Å². The maximum Gasteiger partial charge on any atom is 0.232 e. The fourth-order valence-electron chi connectivity index (χ4n) is 2.72. The van der Waals surface area contributed by atoms with Crippen LogP contribution < -0.4 is 0 Å². The molecular formula is C20H24N4O2S. The number of para-hydroxylation sites is 1. The maximum absolute atomic E-state index is 12.4. The number of aromatic nitrogens is 3. The fourth-order valence-corrected chi connectivity index (χ4v) is 3.61. The third-order valence-electron chi connectivity index (χ3n) is 4.35. The first kappa shape index (κ1) is 19.2. The number of hydrogen-bond acceptors (Lipinski definition) is 5. The first-order valence-corrected chi connectivity index (χ1v) is 10.0. The van der Waals surface area contributed by atoms with Crippen LogP contribution in [-0.2, 0) is 4.79 Å². The van der Waals surface area contributed by atoms with Gasteiger partial charge in [-0.25, -0.2) is 0 Å². The third-order valence-corrected chi connectivity index (χ3v) is 5.26. The number of benzene rings is 1. The number of hydrogen-bond donors (Lipinski definition) is 0. The molecule has 7 heteroatoms. The molecule has 3 rings (SSSR count). The van der Waals surface area contributed by atoms with Crippen LogP contribution in [0.2, 0.25) is 0 Å². The van der Waals surface area contributed by atoms with E-state index in [0.29, 0.717) is 16.7 Å². The Morgan fingerprint density at radius 1 is 1.22 bits per heavy atom. The lowest BCUT2D eigenvalue weighted by molar-refractivity contribution is -0.127. The van der Waals surface area contributed by atoms with Gasteiger partial charge in [0.25, 0.3) is 0 Å². The molecule has 0 N–H and O–H groups in total. The highest BCUT2D eigenvalue weighted by Crippen LogP contribution is 2.30. The van der Waals surface area contributed by atoms with Crippen molar-refractivity contribution in [2.45, 2.75) is 31.8 Å². The molecule has 1 amide bonds. The predicted octanol–water partition coefficient (Wildman–Crippen LogP) is 4.19. The number of amides is 1. The van der Waals surface area contributed by atoms with Gasteiger partial charge in [-0.3, -0.25) is 9.36 Å². The van der Waals surface area contributed by atoms with Crippen molar-refractivity contribution in [1.82, 2.24) is 19.7 Å². The molecule has 0 spiro atoms. The monoisotopic (exact) mass is 384 g/mol. The van der Waals surface area contributed by atoms with Crippen molar-refractivity contribution < 1.29 is 9.21 Å². The van der Waals surface area contributed by atoms with Crippen molar-refractivity contribution in [3.8, 4) is 17.1 Å². The number of rotatable bonds is 8. The van der Waals surface area contributed by atoms with Crippen LogP contribution in [0.4, 0.5) is 0 Å². The molecule has 0 aliphatic carbocycles. The number of aryl methyl sites for hydroxylation is 1. The normalized spacial score (nSPS) is 10.9. The van der Waals surface area contributed by atoms with Gasteiger partial charge in [-0.1, -0.05) is 43.3 Å². The van der Waals surface area contributed by atoms with Gasteiger partial charge >= 0.3 is 0 Å². The second-order valence-corrected chi connectivity index (χ2v) is 7.27. The van der Waals surface area contributed by atoms with E-state index in [2.05, 4.69) is 17.1 Å². The summed E-state index contributed by atoms with van der Waals surface area (Å²) in [5, 5.41) is 9.41. The SMILES string of the molecule is CCCCN(C)C(=O)CSc1nnc(-c2ccoc2C)n1-c1ccccc1. The van der Waals surface area contributed by atoms with Crippen LogP contribution in [0.25, 0.3) is 17.1 Å². The molecule has 6 nitrogen and oxygen atoms in total. The fraction of sp³-hybridized carbons (Fsp3) is 0.350. The van der Waals surface area contributed by atoms with Crippen LogP contribution in [0, 0.1) is 6.92 Å². The standard InChI is InChI=1S/C20H24N4O2S/c1-4-5-12-23(3)18(25)14-27-20-22-21-19(17-11-13-26-15(17)2)24(20)16-9-7-6-8-10-16/h6-11,13H,4-5,12,14H2,1-3H3. The summed E-state index contributed by atoms with van der Waals surface area (Å²) >= 11 is 1.40. The number of nitrogens with zero attached hydrogens (tertiary/aromatic N) is 4. The van der Waals surface area contributed by atoms with Gasteiger partial charge in [-0.15, -0.1) is 10.2 Å². The molecular weight excluding hydrogens is 360 g/mol. The molecule has 0 fully saturated rings. The van der Waals surface area contributed by atoms with E-state index in [9.17, 15) is 4.79 Å². The van der Waals surface area contributed by atoms with Gasteiger partial charge in [0.15, 0.2) is 11.0 Å². The molecule has 0 saturated carbocycles. The molecule has 0 aliphatic heterocycles. The van der Waals surface area contributed by atoms with Crippen LogP contribution >= 0.6 is 11.8 Å². The van der Waals surface area contributed by atoms with Crippen LogP contribution in [0.1, 0.15) is 25.5 Å². The number of carbonyl (C=O) groups is 1. The zero-order valence-corrected chi connectivity index (χ0v) is 16.7. The summed E-state index contributed by atoms with van der Waals surface area (Å²) in [7, 11) is 1.85. The highest BCUT2D eigenvalue weighted by Gasteiger charge is 2.20. The molecule has 27 heavy (non-hydrogen) atoms. The molecule has 0 atom stereocenters. The Morgan fingerprint density at radius 3 is 2.67 bits per heavy atom. The van der Waals surface area contributed by atoms with E-state index in [0.717, 1.165) is 36.4 Å². The van der Waals surface area contributed by atoms with Crippen LogP contribution in [0.15, 0.2) is 52.2 Å². The molecule has 0 saturated heterocycles. The highest BCUT2D eigenvalue weighted by molar-refractivity contribution is 7.99. The molecule has 0 radical (unpaired) electrons. The summed E-state index contributed by atoms with van der Waals surface area (Å²) in [6.07, 6.45) is 3.73. The van der Waals surface area contributed by atoms with E-state index in [1.165, 1.54) is 11.8 Å². The zero-order chi connectivity index (χ0) is 19.2. The van der Waals surface area contributed by atoms with Crippen molar-refractivity contribution >= 4 is 17.7 Å². The summed E-state index contributed by atoms with van der Waals surface area (Å²) in [6, 6.07) is 11.8. The van der Waals surface area contributed by atoms with Gasteiger partial charge in [0, 0.05) is 19.3 Å². The quantitative estimate of drug-likeness (QED) is 0.545. The number of carbonyl (C=O) groups excluding carboxylic acids is 1. The summed E-state index contributed by atoms with van der Waals surface area (Å²) < 4.78 is 7.41. The molecule has 142 valence electrons. The number of thioether (sulfide) groups is 1. The largest absolute Gasteiger partial charge is 0.469 e. The van der Waals surface area contributed by atoms with E-state index in [-0.39, 0.29) is 5.91 Å². The Hall–Kier alpha value is -2.54. The van der Waals surface area contributed by atoms with Crippen molar-refractivity contribution in [3.63, 3.8) is 0 Å². The topological polar surface area (TPSA) is 64.2 Å². The molecule has 2 heterocycles. The molecule has 0 bridgehead atoms. The maximum atomic E-state index is 12.4. The minimum Gasteiger partial charge on any atom is -0.469 e. The van der Waals surface area contributed by atoms with Gasteiger partial charge in [-0.05, 0) is 31.5 Å². The van der Waals surface area contributed by atoms with E-state index >= 15 is 0 Å². The molecule has 0 unspecified atom stereocenters. The first-order chi connectivity index (χ1) is 13.1. The van der Waals surface area contributed by atoms with Crippen molar-refractivity contribution in [1.29, 1.82) is 0 Å². The van der Waals surface area contributed by atoms with Gasteiger partial charge < -0.3 is 9.32 Å². The van der Waals surface area contributed by atoms with E-state index in [4.69, 9.17) is 4.42 Å². The third kappa shape index (κ3) is 4.42. The van der Waals surface area contributed by atoms with Gasteiger partial charge in [0.1, 0.15) is 5.76 Å². The minimum atomic E-state index is 0.0945. The van der Waals surface area contributed by atoms with Crippen molar-refractivity contribution in [3.05, 3.63) is 48.4 Å². The summed E-state index contributed by atoms with van der Waals surface area (Å²) in [4.78, 5) is 14.2. The van der Waals surface area contributed by atoms with Crippen molar-refractivity contribution in [2.24, 2.45) is 0 Å². The van der Waals surface area contributed by atoms with Crippen LogP contribution in [0.3, 0.4) is 0 Å². The molecule has 1 aromatic carbocycles. The lowest BCUT2D eigenvalue weighted by atomic mass is 10.2. The Balaban J connectivity index is 1.87. The molecule has 0 aliphatic rings. The Kier molecular flexibility index (Phi) is 6.34. The predicted molar refractivity (Wildman–Crippen MR) is 107 cm³/mol. The Labute approximate surface area is 163 Å². The first-order valence-electron chi connectivity index (χ1n) is 9.04. The molecule has 3 aromatic rings. The lowest BCUT2D eigenvalue weighted by Crippen LogP contribution is -2.29. The van der Waals surface area contributed by atoms with E-state index in [1.807, 2.05) is 54.9 Å². The van der Waals surface area contributed by atoms with E-state index < -0.39 is 0 Å². The van der Waals surface area contributed by atoms with Gasteiger partial charge in [-0.2, -0.15) is 0 Å².